The van der Waals surface area contributed by atoms with Gasteiger partial charge in [0.1, 0.15) is 6.54 Å². The van der Waals surface area contributed by atoms with E-state index in [0.717, 1.165) is 13.0 Å². The Hall–Kier alpha value is 0. The quantitative estimate of drug-likeness (QED) is 0.0491. The molecule has 0 aromatic carbocycles. The maximum absolute atomic E-state index is 3.73. The molecule has 0 unspecified atom stereocenters. The third-order valence-corrected chi connectivity index (χ3v) is 8.15. The van der Waals surface area contributed by atoms with E-state index in [-0.39, 0.29) is 17.0 Å². The van der Waals surface area contributed by atoms with Gasteiger partial charge in [-0.1, -0.05) is 143 Å². The third kappa shape index (κ3) is 27.4. The predicted octanol–water partition coefficient (Wildman–Crippen LogP) is 8.64. The molecular weight excluding hydrogens is 514 g/mol. The minimum Gasteiger partial charge on any atom is -1.00 e. The zero-order chi connectivity index (χ0) is 26.4. The van der Waals surface area contributed by atoms with Gasteiger partial charge in [0.15, 0.2) is 0 Å². The van der Waals surface area contributed by atoms with Crippen molar-refractivity contribution in [1.82, 2.24) is 0 Å². The van der Waals surface area contributed by atoms with E-state index in [1.54, 1.807) is 0 Å². The number of hydrogen-bond donors (Lipinski definition) is 0. The normalized spacial score (nSPS) is 11.2. The van der Waals surface area contributed by atoms with Gasteiger partial charge in [0, 0.05) is 6.42 Å². The van der Waals surface area contributed by atoms with Gasteiger partial charge in [-0.05, 0) is 50.9 Å². The molecule has 0 aliphatic heterocycles. The number of halogens is 1. The minimum absolute atomic E-state index is 0. The third-order valence-electron chi connectivity index (χ3n) is 8.15. The Labute approximate surface area is 247 Å². The Kier molecular flexibility index (Phi) is 34.1. The Bertz CT molecular complexity index is 437. The number of hydrogen-bond acceptors (Lipinski definition) is 0. The zero-order valence-corrected chi connectivity index (χ0v) is 27.9. The van der Waals surface area contributed by atoms with Crippen LogP contribution in [0.1, 0.15) is 188 Å². The van der Waals surface area contributed by atoms with Gasteiger partial charge in [0.05, 0.1) is 19.6 Å². The van der Waals surface area contributed by atoms with Crippen molar-refractivity contribution in [1.29, 1.82) is 0 Å². The van der Waals surface area contributed by atoms with Crippen LogP contribution in [-0.2, 0) is 0 Å². The van der Waals surface area contributed by atoms with Gasteiger partial charge in [-0.3, -0.25) is 0 Å². The first-order valence-corrected chi connectivity index (χ1v) is 17.1. The number of rotatable bonds is 28. The summed E-state index contributed by atoms with van der Waals surface area (Å²) in [6, 6.07) is 0. The predicted molar refractivity (Wildman–Crippen MR) is 166 cm³/mol. The summed E-state index contributed by atoms with van der Waals surface area (Å²) in [5, 5.41) is 0. The van der Waals surface area contributed by atoms with E-state index < -0.39 is 0 Å². The second kappa shape index (κ2) is 32.2. The second-order valence-electron chi connectivity index (χ2n) is 11.8. The molecule has 0 rings (SSSR count). The van der Waals surface area contributed by atoms with E-state index in [1.165, 1.54) is 178 Å². The maximum Gasteiger partial charge on any atom is 0.140 e. The molecule has 0 radical (unpaired) electrons. The summed E-state index contributed by atoms with van der Waals surface area (Å²) in [5.41, 5.74) is 0. The number of quaternary nitrogens is 1. The number of unbranched alkanes of at least 4 members (excludes halogenated alkanes) is 21. The summed E-state index contributed by atoms with van der Waals surface area (Å²) in [7, 11) is 0. The Morgan fingerprint density at radius 1 is 0.351 bits per heavy atom. The van der Waals surface area contributed by atoms with Crippen molar-refractivity contribution >= 4 is 0 Å². The van der Waals surface area contributed by atoms with Gasteiger partial charge >= 0.3 is 0 Å². The smallest absolute Gasteiger partial charge is 0.140 e. The van der Waals surface area contributed by atoms with Crippen LogP contribution in [-0.4, -0.2) is 30.7 Å². The highest BCUT2D eigenvalue weighted by Crippen LogP contribution is 2.18. The average molecular weight is 585 g/mol. The average Bonchev–Trinajstić information content (AvgIpc) is 2.89. The fourth-order valence-corrected chi connectivity index (χ4v) is 5.56. The van der Waals surface area contributed by atoms with E-state index in [4.69, 9.17) is 0 Å². The Morgan fingerprint density at radius 3 is 1.00 bits per heavy atom. The van der Waals surface area contributed by atoms with Crippen molar-refractivity contribution in [3.8, 4) is 11.8 Å². The molecule has 0 aliphatic carbocycles. The molecule has 222 valence electrons. The van der Waals surface area contributed by atoms with Crippen molar-refractivity contribution in [3.05, 3.63) is 0 Å². The molecule has 0 aliphatic rings. The van der Waals surface area contributed by atoms with Crippen LogP contribution in [0, 0.1) is 11.8 Å². The van der Waals surface area contributed by atoms with Crippen LogP contribution in [0.5, 0.6) is 0 Å². The molecule has 0 N–H and O–H groups in total. The molecule has 0 saturated heterocycles. The van der Waals surface area contributed by atoms with Crippen molar-refractivity contribution in [2.75, 3.05) is 26.2 Å². The molecule has 0 saturated carbocycles. The first-order chi connectivity index (χ1) is 17.7. The molecule has 37 heavy (non-hydrogen) atoms. The lowest BCUT2D eigenvalue weighted by Gasteiger charge is -2.38. The highest BCUT2D eigenvalue weighted by atomic mass is 79.9. The van der Waals surface area contributed by atoms with E-state index in [9.17, 15) is 0 Å². The van der Waals surface area contributed by atoms with Crippen LogP contribution >= 0.6 is 0 Å². The van der Waals surface area contributed by atoms with Gasteiger partial charge in [-0.15, -0.1) is 0 Å². The lowest BCUT2D eigenvalue weighted by Crippen LogP contribution is -3.00. The first kappa shape index (κ1) is 39.1. The van der Waals surface area contributed by atoms with Gasteiger partial charge in [-0.25, -0.2) is 0 Å². The Balaban J connectivity index is 0. The van der Waals surface area contributed by atoms with Crippen molar-refractivity contribution in [2.24, 2.45) is 0 Å². The molecule has 0 aromatic rings. The molecule has 2 heteroatoms. The summed E-state index contributed by atoms with van der Waals surface area (Å²) >= 11 is 0. The highest BCUT2D eigenvalue weighted by Gasteiger charge is 2.25. The number of nitrogens with zero attached hydrogens (tertiary/aromatic N) is 1. The molecule has 0 amide bonds. The zero-order valence-electron chi connectivity index (χ0n) is 26.3. The van der Waals surface area contributed by atoms with Crippen LogP contribution in [0.15, 0.2) is 0 Å². The Morgan fingerprint density at radius 2 is 0.649 bits per heavy atom. The molecule has 1 nitrogen and oxygen atoms in total. The van der Waals surface area contributed by atoms with E-state index >= 15 is 0 Å². The maximum atomic E-state index is 3.73. The summed E-state index contributed by atoms with van der Waals surface area (Å²) in [4.78, 5) is 0. The summed E-state index contributed by atoms with van der Waals surface area (Å²) in [6.45, 7) is 14.5. The lowest BCUT2D eigenvalue weighted by atomic mass is 10.1. The van der Waals surface area contributed by atoms with Crippen molar-refractivity contribution in [3.63, 3.8) is 0 Å². The van der Waals surface area contributed by atoms with E-state index in [2.05, 4.69) is 39.5 Å². The van der Waals surface area contributed by atoms with Crippen LogP contribution in [0.2, 0.25) is 0 Å². The van der Waals surface area contributed by atoms with Crippen LogP contribution in [0.25, 0.3) is 0 Å². The molecule has 0 aromatic heterocycles. The largest absolute Gasteiger partial charge is 1.00 e. The molecule has 0 spiro atoms. The minimum atomic E-state index is 0. The topological polar surface area (TPSA) is 0 Å². The first-order valence-electron chi connectivity index (χ1n) is 17.1. The van der Waals surface area contributed by atoms with Crippen LogP contribution < -0.4 is 17.0 Å². The summed E-state index contributed by atoms with van der Waals surface area (Å²) in [5.74, 6) is 7.36. The standard InChI is InChI=1S/C35H70N.BrH/c1-5-9-13-17-21-22-23-27-31-35-36(32-28-24-18-14-10-6-2,33-29-25-19-15-11-7-3)34-30-26-20-16-12-8-4;/h5-26,28-30,32-35H2,1-4H3;1H/q+1;/p-1. The van der Waals surface area contributed by atoms with Gasteiger partial charge in [-0.2, -0.15) is 0 Å². The second-order valence-corrected chi connectivity index (χ2v) is 11.8. The monoisotopic (exact) mass is 583 g/mol. The molecule has 0 fully saturated rings. The highest BCUT2D eigenvalue weighted by molar-refractivity contribution is 4.99. The SMILES string of the molecule is CCCCCCCCC#CC[N+](CCCCCCCC)(CCCCCCCC)CCCCCCCC.[Br-]. The molecule has 0 atom stereocenters. The van der Waals surface area contributed by atoms with Crippen LogP contribution in [0.4, 0.5) is 0 Å². The fraction of sp³-hybridized carbons (Fsp3) is 0.943. The van der Waals surface area contributed by atoms with Crippen molar-refractivity contribution < 1.29 is 21.5 Å². The lowest BCUT2D eigenvalue weighted by molar-refractivity contribution is -0.922. The van der Waals surface area contributed by atoms with E-state index in [1.807, 2.05) is 0 Å². The van der Waals surface area contributed by atoms with Gasteiger partial charge in [0.2, 0.25) is 0 Å². The van der Waals surface area contributed by atoms with Gasteiger partial charge in [0.25, 0.3) is 0 Å². The molecular formula is C35H70BrN. The van der Waals surface area contributed by atoms with Crippen LogP contribution in [0.3, 0.4) is 0 Å². The van der Waals surface area contributed by atoms with Gasteiger partial charge < -0.3 is 21.5 Å². The molecule has 0 bridgehead atoms. The summed E-state index contributed by atoms with van der Waals surface area (Å²) in [6.07, 6.45) is 34.8. The fourth-order valence-electron chi connectivity index (χ4n) is 5.56. The molecule has 0 heterocycles. The summed E-state index contributed by atoms with van der Waals surface area (Å²) < 4.78 is 1.30. The van der Waals surface area contributed by atoms with E-state index in [0.29, 0.717) is 0 Å². The van der Waals surface area contributed by atoms with Crippen molar-refractivity contribution in [2.45, 2.75) is 188 Å².